The van der Waals surface area contributed by atoms with Crippen molar-refractivity contribution >= 4 is 5.82 Å². The number of piperidine rings is 1. The van der Waals surface area contributed by atoms with Crippen LogP contribution in [0.5, 0.6) is 0 Å². The number of nitrogens with two attached hydrogens (primary N) is 1. The van der Waals surface area contributed by atoms with E-state index in [1.165, 1.54) is 18.4 Å². The molecule has 1 aromatic heterocycles. The minimum atomic E-state index is 0.558. The molecule has 3 heteroatoms. The van der Waals surface area contributed by atoms with E-state index in [0.717, 1.165) is 13.1 Å². The number of nitrogens with one attached hydrogen (secondary N) is 1. The average Bonchev–Trinajstić information content (AvgIpc) is 2.20. The lowest BCUT2D eigenvalue weighted by atomic mass is 9.92. The molecule has 1 aliphatic heterocycles. The molecule has 1 saturated heterocycles. The van der Waals surface area contributed by atoms with Crippen molar-refractivity contribution in [3.05, 3.63) is 23.9 Å². The first-order chi connectivity index (χ1) is 6.38. The van der Waals surface area contributed by atoms with Gasteiger partial charge in [0.1, 0.15) is 5.82 Å². The number of pyridine rings is 1. The van der Waals surface area contributed by atoms with Gasteiger partial charge < -0.3 is 11.1 Å². The van der Waals surface area contributed by atoms with Crippen molar-refractivity contribution < 1.29 is 0 Å². The van der Waals surface area contributed by atoms with Crippen LogP contribution in [-0.2, 0) is 0 Å². The predicted molar refractivity (Wildman–Crippen MR) is 53.5 cm³/mol. The molecule has 1 aromatic rings. The first-order valence-electron chi connectivity index (χ1n) is 4.79. The Hall–Kier alpha value is -1.09. The first-order valence-corrected chi connectivity index (χ1v) is 4.79. The van der Waals surface area contributed by atoms with Crippen LogP contribution >= 0.6 is 0 Å². The lowest BCUT2D eigenvalue weighted by Crippen LogP contribution is -2.28. The molecule has 3 nitrogen and oxygen atoms in total. The van der Waals surface area contributed by atoms with Crippen molar-refractivity contribution in [2.24, 2.45) is 0 Å². The number of hydrogen-bond acceptors (Lipinski definition) is 3. The molecule has 3 N–H and O–H groups in total. The van der Waals surface area contributed by atoms with Gasteiger partial charge in [-0.05, 0) is 31.0 Å². The van der Waals surface area contributed by atoms with Crippen LogP contribution in [0.3, 0.4) is 0 Å². The van der Waals surface area contributed by atoms with E-state index in [9.17, 15) is 0 Å². The smallest absolute Gasteiger partial charge is 0.126 e. The molecule has 70 valence electrons. The van der Waals surface area contributed by atoms with Gasteiger partial charge in [0.2, 0.25) is 0 Å². The summed E-state index contributed by atoms with van der Waals surface area (Å²) in [5, 5.41) is 3.38. The fourth-order valence-corrected chi connectivity index (χ4v) is 1.89. The third kappa shape index (κ3) is 1.80. The molecule has 13 heavy (non-hydrogen) atoms. The van der Waals surface area contributed by atoms with E-state index in [2.05, 4.69) is 16.4 Å². The van der Waals surface area contributed by atoms with E-state index in [0.29, 0.717) is 11.7 Å². The van der Waals surface area contributed by atoms with E-state index in [4.69, 9.17) is 5.73 Å². The van der Waals surface area contributed by atoms with Gasteiger partial charge in [0.05, 0.1) is 0 Å². The number of anilines is 1. The number of aromatic nitrogens is 1. The van der Waals surface area contributed by atoms with Gasteiger partial charge >= 0.3 is 0 Å². The Kier molecular flexibility index (Phi) is 2.45. The number of nitrogens with zero attached hydrogens (tertiary/aromatic N) is 1. The van der Waals surface area contributed by atoms with Gasteiger partial charge in [-0.2, -0.15) is 0 Å². The quantitative estimate of drug-likeness (QED) is 0.676. The van der Waals surface area contributed by atoms with E-state index >= 15 is 0 Å². The molecule has 1 aliphatic rings. The van der Waals surface area contributed by atoms with E-state index in [1.807, 2.05) is 6.07 Å². The molecule has 2 heterocycles. The Morgan fingerprint density at radius 2 is 2.46 bits per heavy atom. The zero-order valence-electron chi connectivity index (χ0n) is 7.66. The number of rotatable bonds is 1. The highest BCUT2D eigenvalue weighted by atomic mass is 14.9. The van der Waals surface area contributed by atoms with Gasteiger partial charge in [0, 0.05) is 18.7 Å². The molecule has 1 atom stereocenters. The van der Waals surface area contributed by atoms with Crippen molar-refractivity contribution in [1.82, 2.24) is 10.3 Å². The van der Waals surface area contributed by atoms with E-state index < -0.39 is 0 Å². The minimum Gasteiger partial charge on any atom is -0.383 e. The maximum absolute atomic E-state index is 5.81. The molecular weight excluding hydrogens is 162 g/mol. The van der Waals surface area contributed by atoms with Crippen LogP contribution in [0, 0.1) is 0 Å². The Morgan fingerprint density at radius 1 is 1.54 bits per heavy atom. The predicted octanol–water partition coefficient (Wildman–Crippen LogP) is 1.13. The second-order valence-corrected chi connectivity index (χ2v) is 3.52. The van der Waals surface area contributed by atoms with Crippen molar-refractivity contribution in [1.29, 1.82) is 0 Å². The third-order valence-corrected chi connectivity index (χ3v) is 2.61. The molecular formula is C10H15N3. The molecule has 0 amide bonds. The standard InChI is InChI=1S/C10H15N3/c11-10-9(4-2-6-13-10)8-3-1-5-12-7-8/h2,4,6,8,12H,1,3,5,7H2,(H2,11,13). The number of nitrogen functional groups attached to an aromatic ring is 1. The van der Waals surface area contributed by atoms with Gasteiger partial charge in [0.15, 0.2) is 0 Å². The molecule has 0 saturated carbocycles. The van der Waals surface area contributed by atoms with Crippen LogP contribution < -0.4 is 11.1 Å². The van der Waals surface area contributed by atoms with Crippen LogP contribution in [0.4, 0.5) is 5.82 Å². The Bertz CT molecular complexity index is 279. The summed E-state index contributed by atoms with van der Waals surface area (Å²) < 4.78 is 0. The maximum atomic E-state index is 5.81. The lowest BCUT2D eigenvalue weighted by molar-refractivity contribution is 0.462. The highest BCUT2D eigenvalue weighted by Crippen LogP contribution is 2.25. The highest BCUT2D eigenvalue weighted by molar-refractivity contribution is 5.41. The monoisotopic (exact) mass is 177 g/mol. The largest absolute Gasteiger partial charge is 0.383 e. The SMILES string of the molecule is Nc1ncccc1C1CCCNC1. The van der Waals surface area contributed by atoms with Gasteiger partial charge in [-0.15, -0.1) is 0 Å². The molecule has 0 aliphatic carbocycles. The topological polar surface area (TPSA) is 50.9 Å². The highest BCUT2D eigenvalue weighted by Gasteiger charge is 2.17. The van der Waals surface area contributed by atoms with Gasteiger partial charge in [0.25, 0.3) is 0 Å². The molecule has 2 rings (SSSR count). The zero-order chi connectivity index (χ0) is 9.10. The molecule has 0 radical (unpaired) electrons. The van der Waals surface area contributed by atoms with Crippen molar-refractivity contribution in [3.8, 4) is 0 Å². The summed E-state index contributed by atoms with van der Waals surface area (Å²) in [7, 11) is 0. The summed E-state index contributed by atoms with van der Waals surface area (Å²) in [6, 6.07) is 4.04. The second kappa shape index (κ2) is 3.75. The summed E-state index contributed by atoms with van der Waals surface area (Å²) in [6.45, 7) is 2.17. The van der Waals surface area contributed by atoms with Crippen molar-refractivity contribution in [3.63, 3.8) is 0 Å². The molecule has 0 spiro atoms. The van der Waals surface area contributed by atoms with Crippen molar-refractivity contribution in [2.45, 2.75) is 18.8 Å². The minimum absolute atomic E-state index is 0.558. The van der Waals surface area contributed by atoms with E-state index in [-0.39, 0.29) is 0 Å². The Labute approximate surface area is 78.4 Å². The third-order valence-electron chi connectivity index (χ3n) is 2.61. The Balaban J connectivity index is 2.18. The summed E-state index contributed by atoms with van der Waals surface area (Å²) in [4.78, 5) is 4.10. The first kappa shape index (κ1) is 8.51. The lowest BCUT2D eigenvalue weighted by Gasteiger charge is -2.23. The van der Waals surface area contributed by atoms with Crippen LogP contribution in [0.1, 0.15) is 24.3 Å². The number of hydrogen-bond donors (Lipinski definition) is 2. The van der Waals surface area contributed by atoms with E-state index in [1.54, 1.807) is 6.20 Å². The summed E-state index contributed by atoms with van der Waals surface area (Å²) in [5.41, 5.74) is 7.02. The van der Waals surface area contributed by atoms with Crippen molar-refractivity contribution in [2.75, 3.05) is 18.8 Å². The molecule has 1 unspecified atom stereocenters. The molecule has 0 bridgehead atoms. The van der Waals surface area contributed by atoms with Gasteiger partial charge in [-0.3, -0.25) is 0 Å². The Morgan fingerprint density at radius 3 is 3.15 bits per heavy atom. The summed E-state index contributed by atoms with van der Waals surface area (Å²) >= 11 is 0. The maximum Gasteiger partial charge on any atom is 0.126 e. The van der Waals surface area contributed by atoms with Crippen LogP contribution in [0.25, 0.3) is 0 Å². The molecule has 0 aromatic carbocycles. The average molecular weight is 177 g/mol. The fraction of sp³-hybridized carbons (Fsp3) is 0.500. The van der Waals surface area contributed by atoms with Gasteiger partial charge in [-0.25, -0.2) is 4.98 Å². The van der Waals surface area contributed by atoms with Crippen LogP contribution in [0.15, 0.2) is 18.3 Å². The summed E-state index contributed by atoms with van der Waals surface area (Å²) in [5.74, 6) is 1.25. The van der Waals surface area contributed by atoms with Gasteiger partial charge in [-0.1, -0.05) is 6.07 Å². The molecule has 1 fully saturated rings. The van der Waals surface area contributed by atoms with Crippen LogP contribution in [-0.4, -0.2) is 18.1 Å². The summed E-state index contributed by atoms with van der Waals surface area (Å²) in [6.07, 6.45) is 4.21. The fourth-order valence-electron chi connectivity index (χ4n) is 1.89. The zero-order valence-corrected chi connectivity index (χ0v) is 7.66. The van der Waals surface area contributed by atoms with Crippen LogP contribution in [0.2, 0.25) is 0 Å². The normalized spacial score (nSPS) is 22.9. The second-order valence-electron chi connectivity index (χ2n) is 3.52.